The third kappa shape index (κ3) is 6.39. The summed E-state index contributed by atoms with van der Waals surface area (Å²) in [6.07, 6.45) is -0.967. The molecule has 0 heterocycles. The maximum absolute atomic E-state index is 12.2. The van der Waals surface area contributed by atoms with Crippen LogP contribution >= 0.6 is 15.9 Å². The molecule has 0 radical (unpaired) electrons. The average Bonchev–Trinajstić information content (AvgIpc) is 2.80. The molecular formula is C23H18BrNO7. The van der Waals surface area contributed by atoms with Crippen LogP contribution in [0, 0.1) is 10.1 Å². The van der Waals surface area contributed by atoms with E-state index in [0.29, 0.717) is 17.2 Å². The van der Waals surface area contributed by atoms with Crippen LogP contribution < -0.4 is 9.47 Å². The molecule has 3 rings (SSSR count). The molecule has 0 saturated carbocycles. The number of hydrogen-bond acceptors (Lipinski definition) is 7. The third-order valence-electron chi connectivity index (χ3n) is 4.24. The van der Waals surface area contributed by atoms with E-state index in [2.05, 4.69) is 15.9 Å². The van der Waals surface area contributed by atoms with Gasteiger partial charge in [-0.2, -0.15) is 0 Å². The minimum Gasteiger partial charge on any atom is -0.479 e. The number of ether oxygens (including phenoxy) is 3. The van der Waals surface area contributed by atoms with Crippen molar-refractivity contribution in [1.82, 2.24) is 0 Å². The lowest BCUT2D eigenvalue weighted by molar-refractivity contribution is -0.384. The van der Waals surface area contributed by atoms with Crippen LogP contribution in [0.15, 0.2) is 77.3 Å². The minimum atomic E-state index is -0.967. The predicted molar refractivity (Wildman–Crippen MR) is 119 cm³/mol. The van der Waals surface area contributed by atoms with Crippen molar-refractivity contribution in [2.75, 3.05) is 6.61 Å². The van der Waals surface area contributed by atoms with Crippen molar-refractivity contribution in [3.05, 3.63) is 92.9 Å². The quantitative estimate of drug-likeness (QED) is 0.169. The first-order valence-corrected chi connectivity index (χ1v) is 10.3. The van der Waals surface area contributed by atoms with Gasteiger partial charge in [0.15, 0.2) is 12.7 Å². The number of nitrogens with zero attached hydrogens (tertiary/aromatic N) is 1. The summed E-state index contributed by atoms with van der Waals surface area (Å²) in [7, 11) is 0. The van der Waals surface area contributed by atoms with Crippen LogP contribution in [0.25, 0.3) is 0 Å². The summed E-state index contributed by atoms with van der Waals surface area (Å²) in [6.45, 7) is 0.945. The molecule has 8 nitrogen and oxygen atoms in total. The van der Waals surface area contributed by atoms with Crippen LogP contribution in [0.3, 0.4) is 0 Å². The Morgan fingerprint density at radius 1 is 0.969 bits per heavy atom. The zero-order valence-corrected chi connectivity index (χ0v) is 18.5. The lowest BCUT2D eigenvalue weighted by Crippen LogP contribution is -2.28. The lowest BCUT2D eigenvalue weighted by atomic mass is 10.1. The highest BCUT2D eigenvalue weighted by Crippen LogP contribution is 2.25. The standard InChI is InChI=1S/C23H18BrNO7/c1-15(23(27)30-14-22(26)16-3-2-4-18(13-16)25(28)29)31-19-9-11-21(12-10-19)32-20-7-5-17(24)6-8-20/h2-13,15H,14H2,1H3/t15-/m1/s1. The molecule has 0 aliphatic carbocycles. The van der Waals surface area contributed by atoms with E-state index in [1.165, 1.54) is 25.1 Å². The van der Waals surface area contributed by atoms with Crippen molar-refractivity contribution in [3.63, 3.8) is 0 Å². The van der Waals surface area contributed by atoms with Crippen LogP contribution in [0.1, 0.15) is 17.3 Å². The molecule has 3 aromatic rings. The van der Waals surface area contributed by atoms with Crippen molar-refractivity contribution >= 4 is 33.4 Å². The molecular weight excluding hydrogens is 482 g/mol. The van der Waals surface area contributed by atoms with Crippen molar-refractivity contribution in [2.45, 2.75) is 13.0 Å². The van der Waals surface area contributed by atoms with E-state index in [0.717, 1.165) is 10.5 Å². The number of esters is 1. The van der Waals surface area contributed by atoms with Gasteiger partial charge in [0.1, 0.15) is 17.2 Å². The predicted octanol–water partition coefficient (Wildman–Crippen LogP) is 5.34. The van der Waals surface area contributed by atoms with Gasteiger partial charge < -0.3 is 14.2 Å². The molecule has 0 unspecified atom stereocenters. The Bertz CT molecular complexity index is 1110. The molecule has 0 aliphatic heterocycles. The summed E-state index contributed by atoms with van der Waals surface area (Å²) in [4.78, 5) is 34.5. The maximum Gasteiger partial charge on any atom is 0.347 e. The zero-order valence-electron chi connectivity index (χ0n) is 16.9. The Morgan fingerprint density at radius 3 is 2.19 bits per heavy atom. The Balaban J connectivity index is 1.50. The van der Waals surface area contributed by atoms with Gasteiger partial charge in [0, 0.05) is 22.2 Å². The van der Waals surface area contributed by atoms with Crippen molar-refractivity contribution < 1.29 is 28.7 Å². The molecule has 32 heavy (non-hydrogen) atoms. The number of benzene rings is 3. The molecule has 0 N–H and O–H groups in total. The fourth-order valence-corrected chi connectivity index (χ4v) is 2.87. The van der Waals surface area contributed by atoms with Gasteiger partial charge in [-0.3, -0.25) is 14.9 Å². The van der Waals surface area contributed by atoms with E-state index >= 15 is 0 Å². The van der Waals surface area contributed by atoms with Crippen LogP contribution in [-0.2, 0) is 9.53 Å². The van der Waals surface area contributed by atoms with E-state index in [9.17, 15) is 19.7 Å². The number of nitro benzene ring substituents is 1. The number of nitro groups is 1. The van der Waals surface area contributed by atoms with Crippen LogP contribution in [0.4, 0.5) is 5.69 Å². The van der Waals surface area contributed by atoms with Crippen LogP contribution in [0.5, 0.6) is 17.2 Å². The van der Waals surface area contributed by atoms with Gasteiger partial charge in [-0.1, -0.05) is 28.1 Å². The van der Waals surface area contributed by atoms with Gasteiger partial charge in [-0.15, -0.1) is 0 Å². The van der Waals surface area contributed by atoms with E-state index in [4.69, 9.17) is 14.2 Å². The van der Waals surface area contributed by atoms with Gasteiger partial charge in [-0.25, -0.2) is 4.79 Å². The second-order valence-electron chi connectivity index (χ2n) is 6.63. The molecule has 0 bridgehead atoms. The second-order valence-corrected chi connectivity index (χ2v) is 7.54. The van der Waals surface area contributed by atoms with Crippen LogP contribution in [-0.4, -0.2) is 29.4 Å². The number of rotatable bonds is 9. The number of hydrogen-bond donors (Lipinski definition) is 0. The minimum absolute atomic E-state index is 0.0851. The molecule has 0 aliphatic rings. The SMILES string of the molecule is C[C@@H](Oc1ccc(Oc2ccc(Br)cc2)cc1)C(=O)OCC(=O)c1cccc([N+](=O)[O-])c1. The second kappa shape index (κ2) is 10.5. The molecule has 0 amide bonds. The number of non-ortho nitro benzene ring substituents is 1. The molecule has 164 valence electrons. The normalized spacial score (nSPS) is 11.3. The van der Waals surface area contributed by atoms with E-state index in [1.54, 1.807) is 24.3 Å². The summed E-state index contributed by atoms with van der Waals surface area (Å²) in [5.74, 6) is 0.398. The molecule has 0 fully saturated rings. The Kier molecular flexibility index (Phi) is 7.56. The zero-order chi connectivity index (χ0) is 23.1. The highest BCUT2D eigenvalue weighted by atomic mass is 79.9. The average molecular weight is 500 g/mol. The van der Waals surface area contributed by atoms with E-state index in [-0.39, 0.29) is 11.3 Å². The van der Waals surface area contributed by atoms with Crippen molar-refractivity contribution in [2.24, 2.45) is 0 Å². The van der Waals surface area contributed by atoms with Crippen molar-refractivity contribution in [1.29, 1.82) is 0 Å². The molecule has 3 aromatic carbocycles. The lowest BCUT2D eigenvalue weighted by Gasteiger charge is -2.14. The number of carbonyl (C=O) groups is 2. The number of halogens is 1. The molecule has 9 heteroatoms. The van der Waals surface area contributed by atoms with Crippen molar-refractivity contribution in [3.8, 4) is 17.2 Å². The summed E-state index contributed by atoms with van der Waals surface area (Å²) >= 11 is 3.36. The maximum atomic E-state index is 12.2. The summed E-state index contributed by atoms with van der Waals surface area (Å²) in [6, 6.07) is 19.3. The highest BCUT2D eigenvalue weighted by Gasteiger charge is 2.19. The largest absolute Gasteiger partial charge is 0.479 e. The fraction of sp³-hybridized carbons (Fsp3) is 0.130. The summed E-state index contributed by atoms with van der Waals surface area (Å²) < 4.78 is 17.2. The summed E-state index contributed by atoms with van der Waals surface area (Å²) in [5.41, 5.74) is -0.131. The number of Topliss-reactive ketones (excluding diaryl/α,β-unsaturated/α-hetero) is 1. The van der Waals surface area contributed by atoms with E-state index < -0.39 is 29.4 Å². The number of ketones is 1. The Labute approximate surface area is 192 Å². The van der Waals surface area contributed by atoms with Crippen LogP contribution in [0.2, 0.25) is 0 Å². The third-order valence-corrected chi connectivity index (χ3v) is 4.77. The van der Waals surface area contributed by atoms with Gasteiger partial charge in [0.05, 0.1) is 4.92 Å². The van der Waals surface area contributed by atoms with Gasteiger partial charge in [0.25, 0.3) is 5.69 Å². The van der Waals surface area contributed by atoms with Gasteiger partial charge in [0.2, 0.25) is 5.78 Å². The van der Waals surface area contributed by atoms with Gasteiger partial charge >= 0.3 is 5.97 Å². The molecule has 0 saturated heterocycles. The smallest absolute Gasteiger partial charge is 0.347 e. The monoisotopic (exact) mass is 499 g/mol. The topological polar surface area (TPSA) is 105 Å². The Hall–Kier alpha value is -3.72. The Morgan fingerprint density at radius 2 is 1.56 bits per heavy atom. The fourth-order valence-electron chi connectivity index (χ4n) is 2.61. The molecule has 1 atom stereocenters. The first-order valence-electron chi connectivity index (χ1n) is 9.46. The number of carbonyl (C=O) groups excluding carboxylic acids is 2. The first kappa shape index (κ1) is 23.0. The molecule has 0 aromatic heterocycles. The molecule has 0 spiro atoms. The first-order chi connectivity index (χ1) is 15.3. The van der Waals surface area contributed by atoms with E-state index in [1.807, 2.05) is 24.3 Å². The van der Waals surface area contributed by atoms with Gasteiger partial charge in [-0.05, 0) is 55.5 Å². The summed E-state index contributed by atoms with van der Waals surface area (Å²) in [5, 5.41) is 10.8. The highest BCUT2D eigenvalue weighted by molar-refractivity contribution is 9.10.